The molecule has 1 aromatic carbocycles. The summed E-state index contributed by atoms with van der Waals surface area (Å²) in [6.07, 6.45) is 3.45. The van der Waals surface area contributed by atoms with Gasteiger partial charge in [-0.25, -0.2) is 4.98 Å². The third kappa shape index (κ3) is 4.14. The van der Waals surface area contributed by atoms with E-state index in [0.29, 0.717) is 17.7 Å². The summed E-state index contributed by atoms with van der Waals surface area (Å²) in [6.45, 7) is 5.69. The predicted molar refractivity (Wildman–Crippen MR) is 112 cm³/mol. The molecule has 1 aliphatic rings. The second-order valence-electron chi connectivity index (χ2n) is 7.57. The first-order chi connectivity index (χ1) is 14.0. The van der Waals surface area contributed by atoms with Crippen LogP contribution >= 0.6 is 0 Å². The van der Waals surface area contributed by atoms with E-state index in [1.807, 2.05) is 48.4 Å². The van der Waals surface area contributed by atoms with Gasteiger partial charge in [0.25, 0.3) is 11.8 Å². The quantitative estimate of drug-likeness (QED) is 0.714. The number of rotatable bonds is 4. The molecule has 1 fully saturated rings. The van der Waals surface area contributed by atoms with Crippen LogP contribution in [0.3, 0.4) is 0 Å². The molecule has 1 aliphatic heterocycles. The molecule has 150 valence electrons. The van der Waals surface area contributed by atoms with Crippen LogP contribution in [0.2, 0.25) is 0 Å². The molecule has 4 rings (SSSR count). The molecule has 29 heavy (non-hydrogen) atoms. The van der Waals surface area contributed by atoms with Crippen molar-refractivity contribution in [3.63, 3.8) is 0 Å². The second kappa shape index (κ2) is 8.05. The van der Waals surface area contributed by atoms with Gasteiger partial charge in [0.15, 0.2) is 0 Å². The molecule has 7 nitrogen and oxygen atoms in total. The van der Waals surface area contributed by atoms with Gasteiger partial charge in [-0.3, -0.25) is 9.59 Å². The maximum absolute atomic E-state index is 12.6. The van der Waals surface area contributed by atoms with Crippen LogP contribution in [0.4, 0.5) is 0 Å². The monoisotopic (exact) mass is 391 g/mol. The van der Waals surface area contributed by atoms with Gasteiger partial charge in [-0.15, -0.1) is 0 Å². The van der Waals surface area contributed by atoms with Crippen LogP contribution in [0.25, 0.3) is 11.0 Å². The van der Waals surface area contributed by atoms with E-state index in [1.54, 1.807) is 6.20 Å². The zero-order valence-corrected chi connectivity index (χ0v) is 16.7. The number of H-pyrrole nitrogens is 1. The number of aromatic amines is 1. The first kappa shape index (κ1) is 19.1. The van der Waals surface area contributed by atoms with E-state index in [0.717, 1.165) is 48.3 Å². The number of hydrogen-bond donors (Lipinski definition) is 2. The second-order valence-corrected chi connectivity index (χ2v) is 7.57. The number of pyridine rings is 1. The van der Waals surface area contributed by atoms with Gasteiger partial charge >= 0.3 is 0 Å². The Morgan fingerprint density at radius 2 is 1.83 bits per heavy atom. The van der Waals surface area contributed by atoms with Crippen LogP contribution < -0.4 is 5.32 Å². The van der Waals surface area contributed by atoms with Crippen molar-refractivity contribution in [2.24, 2.45) is 0 Å². The number of carbonyl (C=O) groups is 2. The number of likely N-dealkylation sites (N-methyl/N-ethyl adjacent to an activating group) is 1. The van der Waals surface area contributed by atoms with Gasteiger partial charge in [0.05, 0.1) is 5.56 Å². The van der Waals surface area contributed by atoms with Crippen molar-refractivity contribution >= 4 is 22.8 Å². The van der Waals surface area contributed by atoms with Crippen LogP contribution in [-0.2, 0) is 6.54 Å². The highest BCUT2D eigenvalue weighted by Gasteiger charge is 2.20. The molecule has 0 radical (unpaired) electrons. The lowest BCUT2D eigenvalue weighted by molar-refractivity contribution is 0.0664. The van der Waals surface area contributed by atoms with Crippen LogP contribution in [0.15, 0.2) is 42.7 Å². The average Bonchev–Trinajstić information content (AvgIpc) is 3.12. The van der Waals surface area contributed by atoms with Gasteiger partial charge in [0.2, 0.25) is 0 Å². The Morgan fingerprint density at radius 3 is 2.55 bits per heavy atom. The first-order valence-electron chi connectivity index (χ1n) is 9.80. The minimum absolute atomic E-state index is 0.0648. The Hall–Kier alpha value is -3.19. The van der Waals surface area contributed by atoms with E-state index in [2.05, 4.69) is 27.2 Å². The van der Waals surface area contributed by atoms with E-state index < -0.39 is 0 Å². The largest absolute Gasteiger partial charge is 0.348 e. The molecule has 0 saturated carbocycles. The zero-order chi connectivity index (χ0) is 20.4. The van der Waals surface area contributed by atoms with E-state index >= 15 is 0 Å². The first-order valence-corrected chi connectivity index (χ1v) is 9.80. The molecule has 0 atom stereocenters. The van der Waals surface area contributed by atoms with Crippen LogP contribution in [0, 0.1) is 6.92 Å². The molecule has 0 aliphatic carbocycles. The Kier molecular flexibility index (Phi) is 5.31. The van der Waals surface area contributed by atoms with Crippen molar-refractivity contribution in [1.29, 1.82) is 0 Å². The molecule has 0 spiro atoms. The number of amides is 2. The molecule has 3 heterocycles. The van der Waals surface area contributed by atoms with Gasteiger partial charge in [0.1, 0.15) is 5.65 Å². The van der Waals surface area contributed by atoms with Gasteiger partial charge in [0, 0.05) is 56.1 Å². The lowest BCUT2D eigenvalue weighted by atomic mass is 10.1. The predicted octanol–water partition coefficient (Wildman–Crippen LogP) is 2.19. The van der Waals surface area contributed by atoms with Crippen molar-refractivity contribution in [3.05, 3.63) is 65.0 Å². The summed E-state index contributed by atoms with van der Waals surface area (Å²) >= 11 is 0. The van der Waals surface area contributed by atoms with Crippen molar-refractivity contribution in [1.82, 2.24) is 25.1 Å². The topological polar surface area (TPSA) is 81.3 Å². The molecule has 1 saturated heterocycles. The summed E-state index contributed by atoms with van der Waals surface area (Å²) in [6, 6.07) is 9.29. The number of hydrogen-bond acceptors (Lipinski definition) is 4. The van der Waals surface area contributed by atoms with Gasteiger partial charge in [-0.1, -0.05) is 12.1 Å². The molecule has 2 N–H and O–H groups in total. The number of carbonyl (C=O) groups excluding carboxylic acids is 2. The fourth-order valence-electron chi connectivity index (χ4n) is 3.50. The standard InChI is InChI=1S/C22H25N5O2/c1-15-12-23-20-19(15)11-18(14-24-20)21(28)25-13-16-3-5-17(6-4-16)22(29)27-9-7-26(2)8-10-27/h3-6,11-12,14H,7-10,13H2,1-2H3,(H,23,24)(H,25,28). The summed E-state index contributed by atoms with van der Waals surface area (Å²) in [5.41, 5.74) is 3.99. The van der Waals surface area contributed by atoms with Crippen LogP contribution in [0.1, 0.15) is 31.8 Å². The highest BCUT2D eigenvalue weighted by molar-refractivity contribution is 5.97. The fourth-order valence-corrected chi connectivity index (χ4v) is 3.50. The van der Waals surface area contributed by atoms with Crippen LogP contribution in [0.5, 0.6) is 0 Å². The van der Waals surface area contributed by atoms with Gasteiger partial charge in [-0.05, 0) is 43.3 Å². The molecule has 0 bridgehead atoms. The highest BCUT2D eigenvalue weighted by atomic mass is 16.2. The number of aromatic nitrogens is 2. The summed E-state index contributed by atoms with van der Waals surface area (Å²) in [5, 5.41) is 3.87. The summed E-state index contributed by atoms with van der Waals surface area (Å²) < 4.78 is 0. The fraction of sp³-hybridized carbons (Fsp3) is 0.318. The van der Waals surface area contributed by atoms with Crippen molar-refractivity contribution in [2.45, 2.75) is 13.5 Å². The third-order valence-electron chi connectivity index (χ3n) is 5.44. The average molecular weight is 391 g/mol. The number of piperazine rings is 1. The van der Waals surface area contributed by atoms with Crippen molar-refractivity contribution in [3.8, 4) is 0 Å². The molecular formula is C22H25N5O2. The molecule has 7 heteroatoms. The smallest absolute Gasteiger partial charge is 0.253 e. The van der Waals surface area contributed by atoms with E-state index in [-0.39, 0.29) is 11.8 Å². The lowest BCUT2D eigenvalue weighted by Gasteiger charge is -2.32. The van der Waals surface area contributed by atoms with Crippen molar-refractivity contribution < 1.29 is 9.59 Å². The number of fused-ring (bicyclic) bond motifs is 1. The third-order valence-corrected chi connectivity index (χ3v) is 5.44. The summed E-state index contributed by atoms with van der Waals surface area (Å²) in [4.78, 5) is 36.6. The number of aryl methyl sites for hydroxylation is 1. The Labute approximate surface area is 169 Å². The Morgan fingerprint density at radius 1 is 1.10 bits per heavy atom. The Bertz CT molecular complexity index is 1030. The SMILES string of the molecule is Cc1c[nH]c2ncc(C(=O)NCc3ccc(C(=O)N4CCN(C)CC4)cc3)cc12. The maximum Gasteiger partial charge on any atom is 0.253 e. The molecular weight excluding hydrogens is 366 g/mol. The van der Waals surface area contributed by atoms with Crippen LogP contribution in [-0.4, -0.2) is 64.8 Å². The molecule has 0 unspecified atom stereocenters. The normalized spacial score (nSPS) is 14.9. The number of nitrogens with zero attached hydrogens (tertiary/aromatic N) is 3. The number of benzene rings is 1. The number of nitrogens with one attached hydrogen (secondary N) is 2. The van der Waals surface area contributed by atoms with Crippen molar-refractivity contribution in [2.75, 3.05) is 33.2 Å². The zero-order valence-electron chi connectivity index (χ0n) is 16.7. The summed E-state index contributed by atoms with van der Waals surface area (Å²) in [5.74, 6) is -0.104. The maximum atomic E-state index is 12.6. The summed E-state index contributed by atoms with van der Waals surface area (Å²) in [7, 11) is 2.07. The highest BCUT2D eigenvalue weighted by Crippen LogP contribution is 2.17. The van der Waals surface area contributed by atoms with E-state index in [4.69, 9.17) is 0 Å². The van der Waals surface area contributed by atoms with E-state index in [1.165, 1.54) is 0 Å². The minimum atomic E-state index is -0.169. The lowest BCUT2D eigenvalue weighted by Crippen LogP contribution is -2.47. The molecule has 2 aromatic heterocycles. The van der Waals surface area contributed by atoms with E-state index in [9.17, 15) is 9.59 Å². The minimum Gasteiger partial charge on any atom is -0.348 e. The van der Waals surface area contributed by atoms with Gasteiger partial charge < -0.3 is 20.1 Å². The molecule has 3 aromatic rings. The Balaban J connectivity index is 1.36. The van der Waals surface area contributed by atoms with Gasteiger partial charge in [-0.2, -0.15) is 0 Å². The molecule has 2 amide bonds.